The number of fused-ring (bicyclic) bond motifs is 2. The molecule has 2 aliphatic carbocycles. The van der Waals surface area contributed by atoms with Gasteiger partial charge in [-0.3, -0.25) is 0 Å². The summed E-state index contributed by atoms with van der Waals surface area (Å²) in [5.41, 5.74) is 7.83. The largest absolute Gasteiger partial charge is 0.389 e. The molecular weight excluding hydrogens is 332 g/mol. The second kappa shape index (κ2) is 5.64. The maximum Gasteiger partial charge on any atom is 0.104 e. The predicted octanol–water partition coefficient (Wildman–Crippen LogP) is 3.96. The monoisotopic (exact) mass is 352 g/mol. The van der Waals surface area contributed by atoms with Gasteiger partial charge in [-0.25, -0.2) is 0 Å². The number of halogens is 1. The van der Waals surface area contributed by atoms with Gasteiger partial charge in [-0.15, -0.1) is 0 Å². The quantitative estimate of drug-likeness (QED) is 0.831. The second-order valence-electron chi connectivity index (χ2n) is 6.35. The van der Waals surface area contributed by atoms with Crippen molar-refractivity contribution in [2.24, 2.45) is 23.5 Å². The van der Waals surface area contributed by atoms with Crippen LogP contribution in [0.3, 0.4) is 0 Å². The van der Waals surface area contributed by atoms with Gasteiger partial charge >= 0.3 is 0 Å². The van der Waals surface area contributed by atoms with Gasteiger partial charge < -0.3 is 10.6 Å². The fourth-order valence-electron chi connectivity index (χ4n) is 4.02. The maximum atomic E-state index is 5.68. The van der Waals surface area contributed by atoms with E-state index in [1.54, 1.807) is 0 Å². The molecule has 2 N–H and O–H groups in total. The minimum absolute atomic E-state index is 0.452. The Morgan fingerprint density at radius 1 is 1.40 bits per heavy atom. The first kappa shape index (κ1) is 14.3. The molecule has 0 heterocycles. The summed E-state index contributed by atoms with van der Waals surface area (Å²) in [6.07, 6.45) is 5.82. The zero-order valence-corrected chi connectivity index (χ0v) is 14.2. The number of rotatable bonds is 4. The summed E-state index contributed by atoms with van der Waals surface area (Å²) in [6.45, 7) is 1.16. The van der Waals surface area contributed by atoms with Gasteiger partial charge in [0.25, 0.3) is 0 Å². The number of hydrogen-bond acceptors (Lipinski definition) is 2. The molecule has 4 heteroatoms. The SMILES string of the molecule is CN(CC1CC2CCC1C2)c1ccc(C(N)=S)cc1Br. The number of thiocarbonyl (C=S) groups is 1. The Bertz CT molecular complexity index is 531. The third-order valence-electron chi connectivity index (χ3n) is 5.04. The molecule has 0 amide bonds. The van der Waals surface area contributed by atoms with Gasteiger partial charge in [-0.2, -0.15) is 0 Å². The molecule has 3 unspecified atom stereocenters. The Kier molecular flexibility index (Phi) is 4.04. The number of nitrogens with two attached hydrogens (primary N) is 1. The molecule has 108 valence electrons. The molecule has 3 atom stereocenters. The summed E-state index contributed by atoms with van der Waals surface area (Å²) >= 11 is 8.68. The highest BCUT2D eigenvalue weighted by Crippen LogP contribution is 2.48. The third-order valence-corrected chi connectivity index (χ3v) is 5.91. The standard InChI is InChI=1S/C16H21BrN2S/c1-19(9-13-7-10-2-3-11(13)6-10)15-5-4-12(16(18)20)8-14(15)17/h4-5,8,10-11,13H,2-3,6-7,9H2,1H3,(H2,18,20). The lowest BCUT2D eigenvalue weighted by Crippen LogP contribution is -2.28. The first-order valence-electron chi connectivity index (χ1n) is 7.35. The molecule has 0 aromatic heterocycles. The Labute approximate surface area is 134 Å². The van der Waals surface area contributed by atoms with Crippen LogP contribution in [-0.4, -0.2) is 18.6 Å². The van der Waals surface area contributed by atoms with Crippen molar-refractivity contribution < 1.29 is 0 Å². The number of nitrogens with zero attached hydrogens (tertiary/aromatic N) is 1. The van der Waals surface area contributed by atoms with E-state index in [2.05, 4.69) is 33.9 Å². The molecule has 3 rings (SSSR count). The molecule has 0 saturated heterocycles. The lowest BCUT2D eigenvalue weighted by atomic mass is 9.88. The average Bonchev–Trinajstić information content (AvgIpc) is 3.00. The van der Waals surface area contributed by atoms with Crippen LogP contribution >= 0.6 is 28.1 Å². The second-order valence-corrected chi connectivity index (χ2v) is 7.64. The van der Waals surface area contributed by atoms with Crippen molar-refractivity contribution in [3.63, 3.8) is 0 Å². The van der Waals surface area contributed by atoms with Crippen molar-refractivity contribution in [3.05, 3.63) is 28.2 Å². The molecule has 2 saturated carbocycles. The normalized spacial score (nSPS) is 27.8. The molecule has 20 heavy (non-hydrogen) atoms. The third kappa shape index (κ3) is 2.73. The van der Waals surface area contributed by atoms with Crippen molar-refractivity contribution in [3.8, 4) is 0 Å². The minimum Gasteiger partial charge on any atom is -0.389 e. The minimum atomic E-state index is 0.452. The highest BCUT2D eigenvalue weighted by atomic mass is 79.9. The molecule has 0 aliphatic heterocycles. The van der Waals surface area contributed by atoms with E-state index in [4.69, 9.17) is 18.0 Å². The van der Waals surface area contributed by atoms with Crippen LogP contribution in [0.2, 0.25) is 0 Å². The van der Waals surface area contributed by atoms with E-state index in [-0.39, 0.29) is 0 Å². The van der Waals surface area contributed by atoms with Crippen molar-refractivity contribution in [2.45, 2.75) is 25.7 Å². The van der Waals surface area contributed by atoms with E-state index < -0.39 is 0 Å². The van der Waals surface area contributed by atoms with Crippen LogP contribution in [0.25, 0.3) is 0 Å². The molecule has 1 aromatic rings. The lowest BCUT2D eigenvalue weighted by molar-refractivity contribution is 0.337. The smallest absolute Gasteiger partial charge is 0.104 e. The summed E-state index contributed by atoms with van der Waals surface area (Å²) in [5, 5.41) is 0. The summed E-state index contributed by atoms with van der Waals surface area (Å²) in [6, 6.07) is 6.15. The molecule has 2 fully saturated rings. The lowest BCUT2D eigenvalue weighted by Gasteiger charge is -2.29. The van der Waals surface area contributed by atoms with Gasteiger partial charge in [0.1, 0.15) is 4.99 Å². The molecule has 2 bridgehead atoms. The zero-order chi connectivity index (χ0) is 14.3. The zero-order valence-electron chi connectivity index (χ0n) is 11.8. The van der Waals surface area contributed by atoms with Gasteiger partial charge in [-0.05, 0) is 71.1 Å². The van der Waals surface area contributed by atoms with E-state index in [0.717, 1.165) is 34.3 Å². The van der Waals surface area contributed by atoms with Crippen molar-refractivity contribution in [1.29, 1.82) is 0 Å². The molecule has 0 radical (unpaired) electrons. The van der Waals surface area contributed by atoms with Crippen LogP contribution in [0.4, 0.5) is 5.69 Å². The molecule has 2 nitrogen and oxygen atoms in total. The summed E-state index contributed by atoms with van der Waals surface area (Å²) in [5.74, 6) is 2.86. The van der Waals surface area contributed by atoms with Gasteiger partial charge in [0, 0.05) is 23.6 Å². The Morgan fingerprint density at radius 3 is 2.75 bits per heavy atom. The van der Waals surface area contributed by atoms with Crippen LogP contribution in [-0.2, 0) is 0 Å². The van der Waals surface area contributed by atoms with Crippen LogP contribution in [0.1, 0.15) is 31.2 Å². The summed E-state index contributed by atoms with van der Waals surface area (Å²) in [4.78, 5) is 2.83. The van der Waals surface area contributed by atoms with Crippen LogP contribution in [0.15, 0.2) is 22.7 Å². The van der Waals surface area contributed by atoms with Crippen LogP contribution < -0.4 is 10.6 Å². The van der Waals surface area contributed by atoms with Crippen LogP contribution in [0, 0.1) is 17.8 Å². The van der Waals surface area contributed by atoms with E-state index in [9.17, 15) is 0 Å². The van der Waals surface area contributed by atoms with E-state index >= 15 is 0 Å². The van der Waals surface area contributed by atoms with Crippen molar-refractivity contribution in [1.82, 2.24) is 0 Å². The Hall–Kier alpha value is -0.610. The van der Waals surface area contributed by atoms with Gasteiger partial charge in [0.15, 0.2) is 0 Å². The average molecular weight is 353 g/mol. The van der Waals surface area contributed by atoms with E-state index in [0.29, 0.717) is 4.99 Å². The van der Waals surface area contributed by atoms with Gasteiger partial charge in [-0.1, -0.05) is 18.6 Å². The molecule has 2 aliphatic rings. The fraction of sp³-hybridized carbons (Fsp3) is 0.562. The maximum absolute atomic E-state index is 5.68. The Morgan fingerprint density at radius 2 is 2.20 bits per heavy atom. The predicted molar refractivity (Wildman–Crippen MR) is 92.2 cm³/mol. The van der Waals surface area contributed by atoms with E-state index in [1.807, 2.05) is 12.1 Å². The Balaban J connectivity index is 1.71. The molecule has 0 spiro atoms. The first-order valence-corrected chi connectivity index (χ1v) is 8.55. The van der Waals surface area contributed by atoms with Gasteiger partial charge in [0.05, 0.1) is 5.69 Å². The fourth-order valence-corrected chi connectivity index (χ4v) is 4.83. The van der Waals surface area contributed by atoms with Gasteiger partial charge in [0.2, 0.25) is 0 Å². The topological polar surface area (TPSA) is 29.3 Å². The van der Waals surface area contributed by atoms with E-state index in [1.165, 1.54) is 31.4 Å². The molecular formula is C16H21BrN2S. The number of hydrogen-bond donors (Lipinski definition) is 1. The highest BCUT2D eigenvalue weighted by molar-refractivity contribution is 9.10. The number of anilines is 1. The first-order chi connectivity index (χ1) is 9.54. The van der Waals surface area contributed by atoms with Crippen LogP contribution in [0.5, 0.6) is 0 Å². The van der Waals surface area contributed by atoms with Crippen molar-refractivity contribution in [2.75, 3.05) is 18.5 Å². The number of benzene rings is 1. The molecule has 1 aromatic carbocycles. The summed E-state index contributed by atoms with van der Waals surface area (Å²) < 4.78 is 1.08. The highest BCUT2D eigenvalue weighted by Gasteiger charge is 2.39. The summed E-state index contributed by atoms with van der Waals surface area (Å²) in [7, 11) is 2.19. The van der Waals surface area contributed by atoms with Crippen molar-refractivity contribution >= 4 is 38.8 Å².